The molecule has 2 nitrogen and oxygen atoms in total. The fourth-order valence-corrected chi connectivity index (χ4v) is 4.54. The maximum Gasteiger partial charge on any atom is 0.118 e. The summed E-state index contributed by atoms with van der Waals surface area (Å²) in [6, 6.07) is 8.57. The van der Waals surface area contributed by atoms with E-state index >= 15 is 0 Å². The van der Waals surface area contributed by atoms with Gasteiger partial charge in [-0.1, -0.05) is 24.3 Å². The Kier molecular flexibility index (Phi) is 2.17. The normalized spacial score (nSPS) is 25.2. The smallest absolute Gasteiger partial charge is 0.118 e. The maximum atomic E-state index is 6.70. The SMILES string of the molecule is NC1(c2nc3c(s2)CCC3)CCc2ccccc21. The molecule has 0 amide bonds. The van der Waals surface area contributed by atoms with Crippen LogP contribution in [-0.4, -0.2) is 4.98 Å². The summed E-state index contributed by atoms with van der Waals surface area (Å²) in [7, 11) is 0. The highest BCUT2D eigenvalue weighted by atomic mass is 32.1. The van der Waals surface area contributed by atoms with Crippen molar-refractivity contribution >= 4 is 11.3 Å². The van der Waals surface area contributed by atoms with Gasteiger partial charge in [-0.25, -0.2) is 4.98 Å². The number of fused-ring (bicyclic) bond motifs is 2. The molecule has 2 aliphatic rings. The van der Waals surface area contributed by atoms with Crippen LogP contribution in [0.4, 0.5) is 0 Å². The molecule has 2 aliphatic carbocycles. The van der Waals surface area contributed by atoms with Crippen molar-refractivity contribution in [3.63, 3.8) is 0 Å². The highest BCUT2D eigenvalue weighted by molar-refractivity contribution is 7.12. The molecule has 0 fully saturated rings. The summed E-state index contributed by atoms with van der Waals surface area (Å²) >= 11 is 1.85. The molecule has 4 rings (SSSR count). The summed E-state index contributed by atoms with van der Waals surface area (Å²) in [4.78, 5) is 6.31. The van der Waals surface area contributed by atoms with Crippen LogP contribution < -0.4 is 5.73 Å². The summed E-state index contributed by atoms with van der Waals surface area (Å²) in [5.74, 6) is 0. The fraction of sp³-hybridized carbons (Fsp3) is 0.400. The second kappa shape index (κ2) is 3.65. The van der Waals surface area contributed by atoms with E-state index in [2.05, 4.69) is 24.3 Å². The molecule has 0 aliphatic heterocycles. The third-order valence-corrected chi connectivity index (χ3v) is 5.60. The van der Waals surface area contributed by atoms with E-state index in [4.69, 9.17) is 10.7 Å². The first-order valence-electron chi connectivity index (χ1n) is 6.64. The molecule has 0 bridgehead atoms. The van der Waals surface area contributed by atoms with Crippen molar-refractivity contribution in [2.75, 3.05) is 0 Å². The van der Waals surface area contributed by atoms with Gasteiger partial charge in [0.15, 0.2) is 0 Å². The minimum Gasteiger partial charge on any atom is -0.316 e. The van der Waals surface area contributed by atoms with Crippen LogP contribution in [0.15, 0.2) is 24.3 Å². The molecule has 1 unspecified atom stereocenters. The number of hydrogen-bond donors (Lipinski definition) is 1. The summed E-state index contributed by atoms with van der Waals surface area (Å²) in [6.45, 7) is 0. The number of benzene rings is 1. The van der Waals surface area contributed by atoms with Gasteiger partial charge in [0.25, 0.3) is 0 Å². The van der Waals surface area contributed by atoms with Crippen molar-refractivity contribution in [3.8, 4) is 0 Å². The van der Waals surface area contributed by atoms with Gasteiger partial charge in [-0.05, 0) is 43.2 Å². The van der Waals surface area contributed by atoms with Crippen LogP contribution in [0.3, 0.4) is 0 Å². The Labute approximate surface area is 111 Å². The summed E-state index contributed by atoms with van der Waals surface area (Å²) < 4.78 is 0. The monoisotopic (exact) mass is 256 g/mol. The molecule has 0 radical (unpaired) electrons. The number of hydrogen-bond acceptors (Lipinski definition) is 3. The predicted octanol–water partition coefficient (Wildman–Crippen LogP) is 2.78. The molecule has 18 heavy (non-hydrogen) atoms. The van der Waals surface area contributed by atoms with Crippen LogP contribution in [0, 0.1) is 0 Å². The first-order chi connectivity index (χ1) is 8.77. The predicted molar refractivity (Wildman–Crippen MR) is 73.9 cm³/mol. The lowest BCUT2D eigenvalue weighted by Gasteiger charge is -2.22. The molecule has 92 valence electrons. The zero-order chi connectivity index (χ0) is 12.2. The molecule has 1 heterocycles. The van der Waals surface area contributed by atoms with E-state index < -0.39 is 0 Å². The van der Waals surface area contributed by atoms with Gasteiger partial charge in [0.1, 0.15) is 5.01 Å². The molecule has 2 aromatic rings. The van der Waals surface area contributed by atoms with Gasteiger partial charge >= 0.3 is 0 Å². The Hall–Kier alpha value is -1.19. The average Bonchev–Trinajstić information content (AvgIpc) is 3.03. The standard InChI is InChI=1S/C15H16N2S/c16-15(9-8-10-4-1-2-5-11(10)15)14-17-12-6-3-7-13(12)18-14/h1-2,4-5H,3,6-9,16H2. The molecular weight excluding hydrogens is 240 g/mol. The van der Waals surface area contributed by atoms with Crippen molar-refractivity contribution in [1.82, 2.24) is 4.98 Å². The van der Waals surface area contributed by atoms with Crippen LogP contribution in [0.2, 0.25) is 0 Å². The summed E-state index contributed by atoms with van der Waals surface area (Å²) in [6.07, 6.45) is 5.69. The molecule has 0 saturated heterocycles. The van der Waals surface area contributed by atoms with Crippen LogP contribution in [0.5, 0.6) is 0 Å². The topological polar surface area (TPSA) is 38.9 Å². The highest BCUT2D eigenvalue weighted by Gasteiger charge is 2.39. The van der Waals surface area contributed by atoms with E-state index in [0.717, 1.165) is 24.3 Å². The number of nitrogens with two attached hydrogens (primary N) is 1. The zero-order valence-corrected chi connectivity index (χ0v) is 11.1. The number of thiazole rings is 1. The molecule has 2 N–H and O–H groups in total. The van der Waals surface area contributed by atoms with E-state index in [0.29, 0.717) is 0 Å². The van der Waals surface area contributed by atoms with E-state index in [1.165, 1.54) is 34.5 Å². The van der Waals surface area contributed by atoms with Crippen molar-refractivity contribution in [2.45, 2.75) is 37.6 Å². The minimum atomic E-state index is -0.328. The second-order valence-electron chi connectivity index (χ2n) is 5.37. The van der Waals surface area contributed by atoms with Crippen LogP contribution >= 0.6 is 11.3 Å². The number of aryl methyl sites for hydroxylation is 3. The van der Waals surface area contributed by atoms with Crippen molar-refractivity contribution in [1.29, 1.82) is 0 Å². The molecule has 3 heteroatoms. The van der Waals surface area contributed by atoms with Crippen molar-refractivity contribution < 1.29 is 0 Å². The first-order valence-corrected chi connectivity index (χ1v) is 7.45. The van der Waals surface area contributed by atoms with Gasteiger partial charge in [-0.15, -0.1) is 11.3 Å². The minimum absolute atomic E-state index is 0.328. The van der Waals surface area contributed by atoms with E-state index in [1.54, 1.807) is 0 Å². The molecular formula is C15H16N2S. The summed E-state index contributed by atoms with van der Waals surface area (Å²) in [5.41, 5.74) is 10.4. The van der Waals surface area contributed by atoms with Gasteiger partial charge in [-0.2, -0.15) is 0 Å². The molecule has 1 aromatic carbocycles. The quantitative estimate of drug-likeness (QED) is 0.852. The fourth-order valence-electron chi connectivity index (χ4n) is 3.24. The van der Waals surface area contributed by atoms with Gasteiger partial charge < -0.3 is 5.73 Å². The molecule has 0 spiro atoms. The van der Waals surface area contributed by atoms with E-state index in [9.17, 15) is 0 Å². The molecule has 1 aromatic heterocycles. The van der Waals surface area contributed by atoms with Crippen molar-refractivity contribution in [2.24, 2.45) is 5.73 Å². The van der Waals surface area contributed by atoms with E-state index in [-0.39, 0.29) is 5.54 Å². The highest BCUT2D eigenvalue weighted by Crippen LogP contribution is 2.43. The lowest BCUT2D eigenvalue weighted by molar-refractivity contribution is 0.530. The third kappa shape index (κ3) is 1.35. The van der Waals surface area contributed by atoms with Crippen molar-refractivity contribution in [3.05, 3.63) is 51.0 Å². The lowest BCUT2D eigenvalue weighted by Crippen LogP contribution is -2.35. The number of nitrogens with zero attached hydrogens (tertiary/aromatic N) is 1. The Bertz CT molecular complexity index is 595. The lowest BCUT2D eigenvalue weighted by atomic mass is 9.94. The Morgan fingerprint density at radius 3 is 2.94 bits per heavy atom. The number of aromatic nitrogens is 1. The van der Waals surface area contributed by atoms with Crippen LogP contribution in [0.25, 0.3) is 0 Å². The second-order valence-corrected chi connectivity index (χ2v) is 6.45. The van der Waals surface area contributed by atoms with E-state index in [1.807, 2.05) is 11.3 Å². The van der Waals surface area contributed by atoms with Gasteiger partial charge in [0, 0.05) is 4.88 Å². The Morgan fingerprint density at radius 1 is 1.17 bits per heavy atom. The van der Waals surface area contributed by atoms with Crippen LogP contribution in [0.1, 0.15) is 39.5 Å². The zero-order valence-electron chi connectivity index (χ0n) is 10.3. The van der Waals surface area contributed by atoms with Gasteiger partial charge in [0.05, 0.1) is 11.2 Å². The van der Waals surface area contributed by atoms with Gasteiger partial charge in [0.2, 0.25) is 0 Å². The molecule has 0 saturated carbocycles. The maximum absolute atomic E-state index is 6.70. The molecule has 1 atom stereocenters. The average molecular weight is 256 g/mol. The Morgan fingerprint density at radius 2 is 2.06 bits per heavy atom. The van der Waals surface area contributed by atoms with Gasteiger partial charge in [-0.3, -0.25) is 0 Å². The largest absolute Gasteiger partial charge is 0.316 e. The van der Waals surface area contributed by atoms with Crippen LogP contribution in [-0.2, 0) is 24.8 Å². The number of rotatable bonds is 1. The third-order valence-electron chi connectivity index (χ3n) is 4.26. The summed E-state index contributed by atoms with van der Waals surface area (Å²) in [5, 5.41) is 1.14. The Balaban J connectivity index is 1.84. The first kappa shape index (κ1) is 10.7.